The fourth-order valence-electron chi connectivity index (χ4n) is 2.50. The van der Waals surface area contributed by atoms with Crippen molar-refractivity contribution in [1.29, 1.82) is 0 Å². The zero-order chi connectivity index (χ0) is 16.1. The minimum Gasteiger partial charge on any atom is -0.298 e. The molecule has 0 saturated heterocycles. The standard InChI is InChI=1S/C19H20Br2O/c1-13-3-7-15(8-4-13)17(11-20)19(22)18(12-21)16-9-5-14(2)6-10-16/h3-10,17-18H,11-12H2,1-2H3. The van der Waals surface area contributed by atoms with Gasteiger partial charge in [0.1, 0.15) is 5.78 Å². The number of carbonyl (C=O) groups excluding carboxylic acids is 1. The number of rotatable bonds is 6. The number of aryl methyl sites for hydroxylation is 2. The summed E-state index contributed by atoms with van der Waals surface area (Å²) in [5.41, 5.74) is 4.57. The van der Waals surface area contributed by atoms with Crippen molar-refractivity contribution in [3.63, 3.8) is 0 Å². The van der Waals surface area contributed by atoms with E-state index in [1.165, 1.54) is 11.1 Å². The van der Waals surface area contributed by atoms with Gasteiger partial charge in [-0.25, -0.2) is 0 Å². The van der Waals surface area contributed by atoms with Crippen LogP contribution in [-0.4, -0.2) is 16.4 Å². The predicted molar refractivity (Wildman–Crippen MR) is 100 cm³/mol. The van der Waals surface area contributed by atoms with Crippen LogP contribution in [0.1, 0.15) is 34.1 Å². The van der Waals surface area contributed by atoms with Crippen molar-refractivity contribution in [3.8, 4) is 0 Å². The molecule has 0 aliphatic heterocycles. The van der Waals surface area contributed by atoms with E-state index in [9.17, 15) is 4.79 Å². The Morgan fingerprint density at radius 2 is 1.09 bits per heavy atom. The van der Waals surface area contributed by atoms with Crippen LogP contribution in [-0.2, 0) is 4.79 Å². The number of hydrogen-bond donors (Lipinski definition) is 0. The van der Waals surface area contributed by atoms with E-state index < -0.39 is 0 Å². The molecule has 0 spiro atoms. The van der Waals surface area contributed by atoms with Gasteiger partial charge in [-0.1, -0.05) is 91.5 Å². The summed E-state index contributed by atoms with van der Waals surface area (Å²) in [6.07, 6.45) is 0. The molecule has 0 heterocycles. The Morgan fingerprint density at radius 3 is 1.36 bits per heavy atom. The zero-order valence-corrected chi connectivity index (χ0v) is 16.0. The molecule has 0 N–H and O–H groups in total. The van der Waals surface area contributed by atoms with Crippen molar-refractivity contribution in [2.75, 3.05) is 10.7 Å². The van der Waals surface area contributed by atoms with E-state index in [4.69, 9.17) is 0 Å². The van der Waals surface area contributed by atoms with E-state index in [0.29, 0.717) is 10.7 Å². The average Bonchev–Trinajstić information content (AvgIpc) is 2.52. The molecule has 0 saturated carbocycles. The molecule has 2 aromatic rings. The predicted octanol–water partition coefficient (Wildman–Crippen LogP) is 5.53. The lowest BCUT2D eigenvalue weighted by Gasteiger charge is -2.20. The number of ketones is 1. The van der Waals surface area contributed by atoms with Crippen LogP contribution in [0, 0.1) is 13.8 Å². The number of benzene rings is 2. The molecule has 0 bridgehead atoms. The summed E-state index contributed by atoms with van der Waals surface area (Å²) in [5.74, 6) is 0.00959. The first kappa shape index (κ1) is 17.4. The zero-order valence-electron chi connectivity index (χ0n) is 12.9. The summed E-state index contributed by atoms with van der Waals surface area (Å²) in [6.45, 7) is 4.12. The maximum Gasteiger partial charge on any atom is 0.149 e. The van der Waals surface area contributed by atoms with Crippen LogP contribution < -0.4 is 0 Å². The third-order valence-electron chi connectivity index (χ3n) is 3.95. The Balaban J connectivity index is 2.29. The second-order valence-electron chi connectivity index (χ2n) is 5.64. The molecule has 0 aromatic heterocycles. The second-order valence-corrected chi connectivity index (χ2v) is 6.93. The number of Topliss-reactive ketones (excluding diaryl/α,β-unsaturated/α-hetero) is 1. The van der Waals surface area contributed by atoms with Crippen LogP contribution in [0.5, 0.6) is 0 Å². The van der Waals surface area contributed by atoms with Crippen LogP contribution in [0.3, 0.4) is 0 Å². The molecule has 2 rings (SSSR count). The highest BCUT2D eigenvalue weighted by Crippen LogP contribution is 2.29. The van der Waals surface area contributed by atoms with E-state index >= 15 is 0 Å². The van der Waals surface area contributed by atoms with Crippen molar-refractivity contribution in [2.45, 2.75) is 25.7 Å². The lowest BCUT2D eigenvalue weighted by atomic mass is 9.85. The van der Waals surface area contributed by atoms with Gasteiger partial charge in [0, 0.05) is 10.7 Å². The first-order chi connectivity index (χ1) is 10.6. The Morgan fingerprint density at radius 1 is 0.773 bits per heavy atom. The van der Waals surface area contributed by atoms with E-state index in [1.54, 1.807) is 0 Å². The molecule has 0 aliphatic rings. The molecule has 116 valence electrons. The molecular weight excluding hydrogens is 404 g/mol. The Hall–Kier alpha value is -0.930. The minimum atomic E-state index is -0.121. The van der Waals surface area contributed by atoms with Gasteiger partial charge in [0.05, 0.1) is 11.8 Å². The summed E-state index contributed by atoms with van der Waals surface area (Å²) in [4.78, 5) is 13.0. The molecule has 0 radical (unpaired) electrons. The molecule has 2 aromatic carbocycles. The number of hydrogen-bond acceptors (Lipinski definition) is 1. The smallest absolute Gasteiger partial charge is 0.149 e. The van der Waals surface area contributed by atoms with Gasteiger partial charge in [0.15, 0.2) is 0 Å². The van der Waals surface area contributed by atoms with Crippen molar-refractivity contribution < 1.29 is 4.79 Å². The summed E-state index contributed by atoms with van der Waals surface area (Å²) >= 11 is 7.03. The second kappa shape index (κ2) is 8.07. The van der Waals surface area contributed by atoms with Crippen LogP contribution in [0.4, 0.5) is 0 Å². The summed E-state index contributed by atoms with van der Waals surface area (Å²) < 4.78 is 0. The molecule has 2 atom stereocenters. The van der Waals surface area contributed by atoms with E-state index in [0.717, 1.165) is 11.1 Å². The lowest BCUT2D eigenvalue weighted by molar-refractivity contribution is -0.121. The Bertz CT molecular complexity index is 561. The van der Waals surface area contributed by atoms with Gasteiger partial charge in [-0.2, -0.15) is 0 Å². The molecule has 0 fully saturated rings. The fraction of sp³-hybridized carbons (Fsp3) is 0.316. The third-order valence-corrected chi connectivity index (χ3v) is 5.25. The molecule has 0 amide bonds. The summed E-state index contributed by atoms with van der Waals surface area (Å²) in [5, 5.41) is 1.29. The maximum absolute atomic E-state index is 13.0. The highest BCUT2D eigenvalue weighted by molar-refractivity contribution is 9.09. The van der Waals surface area contributed by atoms with Gasteiger partial charge < -0.3 is 0 Å². The Kier molecular flexibility index (Phi) is 6.39. The van der Waals surface area contributed by atoms with Gasteiger partial charge in [-0.3, -0.25) is 4.79 Å². The van der Waals surface area contributed by atoms with Crippen molar-refractivity contribution in [3.05, 3.63) is 70.8 Å². The van der Waals surface area contributed by atoms with Crippen LogP contribution in [0.15, 0.2) is 48.5 Å². The van der Waals surface area contributed by atoms with E-state index in [-0.39, 0.29) is 17.6 Å². The van der Waals surface area contributed by atoms with Crippen molar-refractivity contribution in [2.24, 2.45) is 0 Å². The Labute approximate surface area is 149 Å². The van der Waals surface area contributed by atoms with Crippen LogP contribution in [0.25, 0.3) is 0 Å². The normalized spacial score (nSPS) is 13.6. The quantitative estimate of drug-likeness (QED) is 0.558. The van der Waals surface area contributed by atoms with E-state index in [1.807, 2.05) is 0 Å². The lowest BCUT2D eigenvalue weighted by Crippen LogP contribution is -2.23. The third kappa shape index (κ3) is 4.08. The van der Waals surface area contributed by atoms with Gasteiger partial charge in [0.25, 0.3) is 0 Å². The number of carbonyl (C=O) groups is 1. The molecule has 0 aliphatic carbocycles. The molecular formula is C19H20Br2O. The topological polar surface area (TPSA) is 17.1 Å². The van der Waals surface area contributed by atoms with Gasteiger partial charge in [-0.15, -0.1) is 0 Å². The molecule has 2 unspecified atom stereocenters. The SMILES string of the molecule is Cc1ccc(C(CBr)C(=O)C(CBr)c2ccc(C)cc2)cc1. The minimum absolute atomic E-state index is 0.121. The van der Waals surface area contributed by atoms with Crippen LogP contribution in [0.2, 0.25) is 0 Å². The monoisotopic (exact) mass is 422 g/mol. The summed E-state index contributed by atoms with van der Waals surface area (Å²) in [6, 6.07) is 16.5. The first-order valence-corrected chi connectivity index (χ1v) is 9.60. The highest BCUT2D eigenvalue weighted by Gasteiger charge is 2.28. The summed E-state index contributed by atoms with van der Waals surface area (Å²) in [7, 11) is 0. The van der Waals surface area contributed by atoms with E-state index in [2.05, 4.69) is 94.2 Å². The molecule has 3 heteroatoms. The van der Waals surface area contributed by atoms with Gasteiger partial charge in [-0.05, 0) is 25.0 Å². The largest absolute Gasteiger partial charge is 0.298 e. The first-order valence-electron chi connectivity index (χ1n) is 7.35. The van der Waals surface area contributed by atoms with Crippen molar-refractivity contribution in [1.82, 2.24) is 0 Å². The average molecular weight is 424 g/mol. The molecule has 1 nitrogen and oxygen atoms in total. The fourth-order valence-corrected chi connectivity index (χ4v) is 3.88. The van der Waals surface area contributed by atoms with Gasteiger partial charge >= 0.3 is 0 Å². The van der Waals surface area contributed by atoms with Gasteiger partial charge in [0.2, 0.25) is 0 Å². The maximum atomic E-state index is 13.0. The number of halogens is 2. The van der Waals surface area contributed by atoms with Crippen molar-refractivity contribution >= 4 is 37.6 Å². The molecule has 22 heavy (non-hydrogen) atoms. The number of alkyl halides is 2. The highest BCUT2D eigenvalue weighted by atomic mass is 79.9. The van der Waals surface area contributed by atoms with Crippen LogP contribution >= 0.6 is 31.9 Å².